The molecule has 1 heterocycles. The Morgan fingerprint density at radius 1 is 1.30 bits per heavy atom. The maximum absolute atomic E-state index is 12.1. The van der Waals surface area contributed by atoms with Crippen molar-refractivity contribution in [1.29, 1.82) is 0 Å². The summed E-state index contributed by atoms with van der Waals surface area (Å²) >= 11 is 0. The highest BCUT2D eigenvalue weighted by Crippen LogP contribution is 2.18. The minimum absolute atomic E-state index is 0.00626. The van der Waals surface area contributed by atoms with Crippen LogP contribution in [0.2, 0.25) is 0 Å². The van der Waals surface area contributed by atoms with Crippen molar-refractivity contribution in [3.63, 3.8) is 0 Å². The van der Waals surface area contributed by atoms with Crippen LogP contribution in [0.3, 0.4) is 0 Å². The van der Waals surface area contributed by atoms with Gasteiger partial charge >= 0.3 is 5.97 Å². The molecule has 0 aliphatic carbocycles. The molecular formula is C14H26N2O4. The fraction of sp³-hybridized carbons (Fsp3) is 0.857. The molecule has 6 heteroatoms. The van der Waals surface area contributed by atoms with Gasteiger partial charge in [-0.15, -0.1) is 0 Å². The molecule has 0 bridgehead atoms. The van der Waals surface area contributed by atoms with Gasteiger partial charge in [0, 0.05) is 19.3 Å². The first-order chi connectivity index (χ1) is 9.35. The Labute approximate surface area is 120 Å². The van der Waals surface area contributed by atoms with E-state index in [1.807, 2.05) is 6.92 Å². The van der Waals surface area contributed by atoms with E-state index in [4.69, 9.17) is 15.6 Å². The maximum atomic E-state index is 12.1. The monoisotopic (exact) mass is 286 g/mol. The largest absolute Gasteiger partial charge is 0.481 e. The third-order valence-electron chi connectivity index (χ3n) is 3.91. The standard InChI is InChI=1S/C14H26N2O4/c1-10(12(17)18)4-3-5-11(2)16-13(19)14(15)6-8-20-9-7-14/h10-11H,3-9,15H2,1-2H3,(H,16,19)(H,17,18). The predicted octanol–water partition coefficient (Wildman–Crippen LogP) is 0.890. The number of aliphatic carboxylic acids is 1. The number of carbonyl (C=O) groups is 2. The molecule has 20 heavy (non-hydrogen) atoms. The van der Waals surface area contributed by atoms with Crippen LogP contribution in [0.5, 0.6) is 0 Å². The summed E-state index contributed by atoms with van der Waals surface area (Å²) in [5.74, 6) is -1.24. The van der Waals surface area contributed by atoms with Crippen molar-refractivity contribution >= 4 is 11.9 Å². The first-order valence-electron chi connectivity index (χ1n) is 7.25. The first-order valence-corrected chi connectivity index (χ1v) is 7.25. The number of hydrogen-bond donors (Lipinski definition) is 3. The van der Waals surface area contributed by atoms with Gasteiger partial charge < -0.3 is 20.9 Å². The van der Waals surface area contributed by atoms with Crippen molar-refractivity contribution in [3.05, 3.63) is 0 Å². The molecule has 6 nitrogen and oxygen atoms in total. The predicted molar refractivity (Wildman–Crippen MR) is 75.2 cm³/mol. The van der Waals surface area contributed by atoms with Crippen LogP contribution in [-0.4, -0.2) is 41.8 Å². The van der Waals surface area contributed by atoms with Crippen molar-refractivity contribution in [2.75, 3.05) is 13.2 Å². The number of rotatable bonds is 7. The zero-order valence-electron chi connectivity index (χ0n) is 12.4. The Morgan fingerprint density at radius 3 is 2.45 bits per heavy atom. The molecule has 0 spiro atoms. The number of nitrogens with one attached hydrogen (secondary N) is 1. The number of ether oxygens (including phenoxy) is 1. The topological polar surface area (TPSA) is 102 Å². The Hall–Kier alpha value is -1.14. The van der Waals surface area contributed by atoms with Crippen molar-refractivity contribution in [2.45, 2.75) is 57.5 Å². The Kier molecular flexibility index (Phi) is 6.42. The molecule has 1 fully saturated rings. The second-order valence-corrected chi connectivity index (χ2v) is 5.81. The summed E-state index contributed by atoms with van der Waals surface area (Å²) in [6.45, 7) is 4.66. The SMILES string of the molecule is CC(CCCC(C)C(=O)O)NC(=O)C1(N)CCOCC1. The van der Waals surface area contributed by atoms with Crippen molar-refractivity contribution in [2.24, 2.45) is 11.7 Å². The zero-order chi connectivity index (χ0) is 15.2. The first kappa shape index (κ1) is 16.9. The lowest BCUT2D eigenvalue weighted by Crippen LogP contribution is -2.58. The molecule has 2 atom stereocenters. The molecule has 2 unspecified atom stereocenters. The van der Waals surface area contributed by atoms with E-state index < -0.39 is 11.5 Å². The molecule has 1 saturated heterocycles. The van der Waals surface area contributed by atoms with Crippen LogP contribution in [0.15, 0.2) is 0 Å². The smallest absolute Gasteiger partial charge is 0.306 e. The molecule has 0 radical (unpaired) electrons. The van der Waals surface area contributed by atoms with Gasteiger partial charge in [0.15, 0.2) is 0 Å². The van der Waals surface area contributed by atoms with Crippen LogP contribution in [0.25, 0.3) is 0 Å². The number of carbonyl (C=O) groups excluding carboxylic acids is 1. The lowest BCUT2D eigenvalue weighted by molar-refractivity contribution is -0.141. The third-order valence-corrected chi connectivity index (χ3v) is 3.91. The molecule has 1 amide bonds. The van der Waals surface area contributed by atoms with E-state index in [9.17, 15) is 9.59 Å². The lowest BCUT2D eigenvalue weighted by Gasteiger charge is -2.33. The molecular weight excluding hydrogens is 260 g/mol. The summed E-state index contributed by atoms with van der Waals surface area (Å²) in [4.78, 5) is 22.9. The summed E-state index contributed by atoms with van der Waals surface area (Å²) in [6.07, 6.45) is 3.24. The van der Waals surface area contributed by atoms with Gasteiger partial charge in [-0.2, -0.15) is 0 Å². The summed E-state index contributed by atoms with van der Waals surface area (Å²) < 4.78 is 5.22. The Morgan fingerprint density at radius 2 is 1.90 bits per heavy atom. The average Bonchev–Trinajstić information content (AvgIpc) is 2.39. The van der Waals surface area contributed by atoms with Crippen molar-refractivity contribution in [1.82, 2.24) is 5.32 Å². The fourth-order valence-corrected chi connectivity index (χ4v) is 2.26. The highest BCUT2D eigenvalue weighted by atomic mass is 16.5. The zero-order valence-corrected chi connectivity index (χ0v) is 12.4. The molecule has 1 rings (SSSR count). The third kappa shape index (κ3) is 5.09. The fourth-order valence-electron chi connectivity index (χ4n) is 2.26. The van der Waals surface area contributed by atoms with Gasteiger partial charge in [0.25, 0.3) is 0 Å². The van der Waals surface area contributed by atoms with E-state index in [-0.39, 0.29) is 17.9 Å². The molecule has 0 aromatic heterocycles. The van der Waals surface area contributed by atoms with Gasteiger partial charge in [0.2, 0.25) is 5.91 Å². The molecule has 0 aromatic carbocycles. The minimum atomic E-state index is -0.819. The van der Waals surface area contributed by atoms with Gasteiger partial charge in [-0.25, -0.2) is 0 Å². The van der Waals surface area contributed by atoms with Gasteiger partial charge in [0.05, 0.1) is 11.5 Å². The van der Waals surface area contributed by atoms with E-state index in [0.29, 0.717) is 32.5 Å². The van der Waals surface area contributed by atoms with E-state index >= 15 is 0 Å². The van der Waals surface area contributed by atoms with Crippen LogP contribution < -0.4 is 11.1 Å². The molecule has 116 valence electrons. The normalized spacial score (nSPS) is 20.9. The second kappa shape index (κ2) is 7.59. The molecule has 1 aliphatic heterocycles. The van der Waals surface area contributed by atoms with Crippen LogP contribution in [0.4, 0.5) is 0 Å². The van der Waals surface area contributed by atoms with Crippen LogP contribution in [0, 0.1) is 5.92 Å². The number of carboxylic acid groups (broad SMARTS) is 1. The number of nitrogens with two attached hydrogens (primary N) is 1. The lowest BCUT2D eigenvalue weighted by atomic mass is 9.90. The molecule has 0 saturated carbocycles. The number of amides is 1. The van der Waals surface area contributed by atoms with E-state index in [2.05, 4.69) is 5.32 Å². The van der Waals surface area contributed by atoms with Crippen LogP contribution in [0.1, 0.15) is 46.0 Å². The van der Waals surface area contributed by atoms with Crippen LogP contribution >= 0.6 is 0 Å². The molecule has 0 aromatic rings. The minimum Gasteiger partial charge on any atom is -0.481 e. The number of hydrogen-bond acceptors (Lipinski definition) is 4. The quantitative estimate of drug-likeness (QED) is 0.645. The Balaban J connectivity index is 2.29. The summed E-state index contributed by atoms with van der Waals surface area (Å²) in [6, 6.07) is 0.00626. The highest BCUT2D eigenvalue weighted by molar-refractivity contribution is 5.86. The Bertz CT molecular complexity index is 340. The summed E-state index contributed by atoms with van der Waals surface area (Å²) in [7, 11) is 0. The number of carboxylic acids is 1. The average molecular weight is 286 g/mol. The van der Waals surface area contributed by atoms with Gasteiger partial charge in [-0.3, -0.25) is 9.59 Å². The second-order valence-electron chi connectivity index (χ2n) is 5.81. The van der Waals surface area contributed by atoms with E-state index in [1.54, 1.807) is 6.92 Å². The van der Waals surface area contributed by atoms with E-state index in [1.165, 1.54) is 0 Å². The summed E-state index contributed by atoms with van der Waals surface area (Å²) in [5.41, 5.74) is 5.28. The molecule has 4 N–H and O–H groups in total. The maximum Gasteiger partial charge on any atom is 0.306 e. The van der Waals surface area contributed by atoms with E-state index in [0.717, 1.165) is 12.8 Å². The van der Waals surface area contributed by atoms with Gasteiger partial charge in [0.1, 0.15) is 0 Å². The molecule has 1 aliphatic rings. The summed E-state index contributed by atoms with van der Waals surface area (Å²) in [5, 5.41) is 11.7. The van der Waals surface area contributed by atoms with Gasteiger partial charge in [-0.1, -0.05) is 13.3 Å². The van der Waals surface area contributed by atoms with Crippen molar-refractivity contribution in [3.8, 4) is 0 Å². The highest BCUT2D eigenvalue weighted by Gasteiger charge is 2.36. The van der Waals surface area contributed by atoms with Gasteiger partial charge in [-0.05, 0) is 32.6 Å². The van der Waals surface area contributed by atoms with Crippen LogP contribution in [-0.2, 0) is 14.3 Å². The van der Waals surface area contributed by atoms with Crippen molar-refractivity contribution < 1.29 is 19.4 Å².